The van der Waals surface area contributed by atoms with Gasteiger partial charge in [0.1, 0.15) is 5.82 Å². The highest BCUT2D eigenvalue weighted by atomic mass is 15.3. The van der Waals surface area contributed by atoms with Crippen molar-refractivity contribution in [3.05, 3.63) is 42.4 Å². The largest absolute Gasteiger partial charge is 0.356 e. The zero-order valence-corrected chi connectivity index (χ0v) is 14.7. The van der Waals surface area contributed by atoms with Crippen LogP contribution in [0.5, 0.6) is 0 Å². The van der Waals surface area contributed by atoms with Crippen LogP contribution < -0.4 is 5.32 Å². The van der Waals surface area contributed by atoms with E-state index in [-0.39, 0.29) is 0 Å². The molecule has 0 amide bonds. The van der Waals surface area contributed by atoms with E-state index < -0.39 is 0 Å². The van der Waals surface area contributed by atoms with Gasteiger partial charge in [-0.3, -0.25) is 14.3 Å². The van der Waals surface area contributed by atoms with Gasteiger partial charge in [0, 0.05) is 58.4 Å². The van der Waals surface area contributed by atoms with Gasteiger partial charge in [-0.15, -0.1) is 10.2 Å². The number of guanidine groups is 1. The van der Waals surface area contributed by atoms with Gasteiger partial charge in [0.2, 0.25) is 0 Å². The number of fused-ring (bicyclic) bond motifs is 1. The normalized spacial score (nSPS) is 21.6. The zero-order chi connectivity index (χ0) is 17.1. The van der Waals surface area contributed by atoms with E-state index in [1.807, 2.05) is 35.8 Å². The standard InChI is InChI=1S/C18H25N7/c1-19-18(24-13-8-15(14-24)23-10-4-5-11-23)20-9-7-17-22-21-16-6-2-3-12-25(16)17/h2-6,12,15H,7-11,13-14H2,1H3,(H,19,20). The molecule has 4 heterocycles. The number of hydrogen-bond donors (Lipinski definition) is 1. The molecule has 7 heteroatoms. The van der Waals surface area contributed by atoms with E-state index in [9.17, 15) is 0 Å². The maximum Gasteiger partial charge on any atom is 0.193 e. The smallest absolute Gasteiger partial charge is 0.193 e. The summed E-state index contributed by atoms with van der Waals surface area (Å²) in [4.78, 5) is 9.37. The second-order valence-corrected chi connectivity index (χ2v) is 6.58. The van der Waals surface area contributed by atoms with E-state index in [1.54, 1.807) is 0 Å². The molecule has 132 valence electrons. The van der Waals surface area contributed by atoms with Gasteiger partial charge in [-0.1, -0.05) is 18.2 Å². The molecule has 2 aliphatic heterocycles. The van der Waals surface area contributed by atoms with Gasteiger partial charge in [-0.05, 0) is 18.6 Å². The molecule has 1 saturated heterocycles. The highest BCUT2D eigenvalue weighted by Gasteiger charge is 2.29. The first-order chi connectivity index (χ1) is 12.3. The molecule has 1 unspecified atom stereocenters. The van der Waals surface area contributed by atoms with Gasteiger partial charge in [0.05, 0.1) is 0 Å². The topological polar surface area (TPSA) is 61.1 Å². The summed E-state index contributed by atoms with van der Waals surface area (Å²) in [6, 6.07) is 6.59. The molecule has 2 aromatic heterocycles. The second-order valence-electron chi connectivity index (χ2n) is 6.58. The van der Waals surface area contributed by atoms with E-state index in [4.69, 9.17) is 0 Å². The number of aliphatic imine (C=N–C) groups is 1. The summed E-state index contributed by atoms with van der Waals surface area (Å²) >= 11 is 0. The van der Waals surface area contributed by atoms with Crippen LogP contribution in [-0.2, 0) is 6.42 Å². The molecular formula is C18H25N7. The Morgan fingerprint density at radius 1 is 1.28 bits per heavy atom. The van der Waals surface area contributed by atoms with Crippen molar-refractivity contribution in [2.45, 2.75) is 18.9 Å². The Morgan fingerprint density at radius 2 is 2.16 bits per heavy atom. The molecule has 0 aliphatic carbocycles. The molecule has 0 bridgehead atoms. The second kappa shape index (κ2) is 7.23. The van der Waals surface area contributed by atoms with Crippen LogP contribution in [0.4, 0.5) is 0 Å². The molecule has 7 nitrogen and oxygen atoms in total. The van der Waals surface area contributed by atoms with Crippen LogP contribution >= 0.6 is 0 Å². The third kappa shape index (κ3) is 3.37. The molecule has 1 N–H and O–H groups in total. The molecule has 1 fully saturated rings. The van der Waals surface area contributed by atoms with Gasteiger partial charge in [0.25, 0.3) is 0 Å². The van der Waals surface area contributed by atoms with Crippen LogP contribution in [-0.4, -0.2) is 76.2 Å². The lowest BCUT2D eigenvalue weighted by atomic mass is 10.2. The number of hydrogen-bond acceptors (Lipinski definition) is 4. The van der Waals surface area contributed by atoms with Crippen molar-refractivity contribution < 1.29 is 0 Å². The molecular weight excluding hydrogens is 314 g/mol. The summed E-state index contributed by atoms with van der Waals surface area (Å²) in [6.45, 7) is 5.09. The molecule has 2 aromatic rings. The predicted molar refractivity (Wildman–Crippen MR) is 98.7 cm³/mol. The Hall–Kier alpha value is -2.41. The predicted octanol–water partition coefficient (Wildman–Crippen LogP) is 0.793. The Balaban J connectivity index is 1.31. The molecule has 4 rings (SSSR count). The lowest BCUT2D eigenvalue weighted by Gasteiger charge is -2.25. The molecule has 2 aliphatic rings. The highest BCUT2D eigenvalue weighted by molar-refractivity contribution is 5.80. The van der Waals surface area contributed by atoms with E-state index in [0.29, 0.717) is 6.04 Å². The number of aromatic nitrogens is 3. The maximum atomic E-state index is 4.47. The number of rotatable bonds is 4. The van der Waals surface area contributed by atoms with Crippen molar-refractivity contribution in [3.63, 3.8) is 0 Å². The van der Waals surface area contributed by atoms with Gasteiger partial charge >= 0.3 is 0 Å². The van der Waals surface area contributed by atoms with E-state index in [0.717, 1.165) is 56.6 Å². The van der Waals surface area contributed by atoms with Crippen molar-refractivity contribution in [3.8, 4) is 0 Å². The molecule has 25 heavy (non-hydrogen) atoms. The molecule has 1 atom stereocenters. The summed E-state index contributed by atoms with van der Waals surface area (Å²) in [5.41, 5.74) is 0.892. The lowest BCUT2D eigenvalue weighted by molar-refractivity contribution is 0.259. The fraction of sp³-hybridized carbons (Fsp3) is 0.500. The summed E-state index contributed by atoms with van der Waals surface area (Å²) in [5.74, 6) is 1.96. The van der Waals surface area contributed by atoms with Crippen LogP contribution in [0.3, 0.4) is 0 Å². The Bertz CT molecular complexity index is 771. The average Bonchev–Trinajstić information content (AvgIpc) is 3.38. The highest BCUT2D eigenvalue weighted by Crippen LogP contribution is 2.17. The lowest BCUT2D eigenvalue weighted by Crippen LogP contribution is -2.43. The summed E-state index contributed by atoms with van der Waals surface area (Å²) < 4.78 is 2.04. The van der Waals surface area contributed by atoms with E-state index >= 15 is 0 Å². The van der Waals surface area contributed by atoms with Crippen molar-refractivity contribution >= 4 is 11.6 Å². The first-order valence-electron chi connectivity index (χ1n) is 8.98. The summed E-state index contributed by atoms with van der Waals surface area (Å²) in [5, 5.41) is 12.0. The quantitative estimate of drug-likeness (QED) is 0.507. The first kappa shape index (κ1) is 16.1. The van der Waals surface area contributed by atoms with Crippen LogP contribution in [0.15, 0.2) is 41.5 Å². The Morgan fingerprint density at radius 3 is 3.00 bits per heavy atom. The van der Waals surface area contributed by atoms with Crippen molar-refractivity contribution in [1.82, 2.24) is 29.7 Å². The van der Waals surface area contributed by atoms with E-state index in [2.05, 4.69) is 42.5 Å². The van der Waals surface area contributed by atoms with Gasteiger partial charge in [-0.2, -0.15) is 0 Å². The van der Waals surface area contributed by atoms with E-state index in [1.165, 1.54) is 6.42 Å². The molecule has 0 radical (unpaired) electrons. The van der Waals surface area contributed by atoms with Gasteiger partial charge < -0.3 is 10.2 Å². The third-order valence-corrected chi connectivity index (χ3v) is 5.05. The minimum absolute atomic E-state index is 0.633. The SMILES string of the molecule is CN=C(NCCc1nnc2ccccn12)N1CCC(N2CC=CC2)C1. The fourth-order valence-electron chi connectivity index (χ4n) is 3.70. The number of nitrogens with zero attached hydrogens (tertiary/aromatic N) is 6. The number of likely N-dealkylation sites (tertiary alicyclic amines) is 1. The van der Waals surface area contributed by atoms with Crippen molar-refractivity contribution in [1.29, 1.82) is 0 Å². The van der Waals surface area contributed by atoms with Crippen LogP contribution in [0.2, 0.25) is 0 Å². The maximum absolute atomic E-state index is 4.47. The van der Waals surface area contributed by atoms with Crippen molar-refractivity contribution in [2.75, 3.05) is 39.8 Å². The van der Waals surface area contributed by atoms with Gasteiger partial charge in [-0.25, -0.2) is 0 Å². The molecule has 0 spiro atoms. The van der Waals surface area contributed by atoms with Crippen LogP contribution in [0, 0.1) is 0 Å². The number of pyridine rings is 1. The number of nitrogens with one attached hydrogen (secondary N) is 1. The van der Waals surface area contributed by atoms with Crippen molar-refractivity contribution in [2.24, 2.45) is 4.99 Å². The summed E-state index contributed by atoms with van der Waals surface area (Å²) in [6.07, 6.45) is 8.56. The first-order valence-corrected chi connectivity index (χ1v) is 8.98. The monoisotopic (exact) mass is 339 g/mol. The van der Waals surface area contributed by atoms with Crippen LogP contribution in [0.25, 0.3) is 5.65 Å². The van der Waals surface area contributed by atoms with Crippen LogP contribution in [0.1, 0.15) is 12.2 Å². The molecule has 0 aromatic carbocycles. The summed E-state index contributed by atoms with van der Waals surface area (Å²) in [7, 11) is 1.86. The zero-order valence-electron chi connectivity index (χ0n) is 14.7. The minimum Gasteiger partial charge on any atom is -0.356 e. The van der Waals surface area contributed by atoms with Gasteiger partial charge in [0.15, 0.2) is 11.6 Å². The minimum atomic E-state index is 0.633. The Labute approximate surface area is 148 Å². The average molecular weight is 339 g/mol. The Kier molecular flexibility index (Phi) is 4.65. The molecule has 0 saturated carbocycles. The fourth-order valence-corrected chi connectivity index (χ4v) is 3.70. The third-order valence-electron chi connectivity index (χ3n) is 5.05.